The number of nitrogens with zero attached hydrogens (tertiary/aromatic N) is 1. The van der Waals surface area contributed by atoms with Crippen LogP contribution in [0, 0.1) is 5.92 Å². The van der Waals surface area contributed by atoms with Gasteiger partial charge in [-0.05, 0) is 44.8 Å². The Labute approximate surface area is 98.9 Å². The fourth-order valence-electron chi connectivity index (χ4n) is 2.13. The second-order valence-electron chi connectivity index (χ2n) is 4.71. The zero-order valence-electron chi connectivity index (χ0n) is 10.5. The summed E-state index contributed by atoms with van der Waals surface area (Å²) >= 11 is 0. The molecule has 1 fully saturated rings. The lowest BCUT2D eigenvalue weighted by molar-refractivity contribution is -0.116. The highest BCUT2D eigenvalue weighted by Gasteiger charge is 2.13. The third-order valence-corrected chi connectivity index (χ3v) is 2.96. The van der Waals surface area contributed by atoms with Crippen LogP contribution in [0.5, 0.6) is 0 Å². The molecule has 0 spiro atoms. The summed E-state index contributed by atoms with van der Waals surface area (Å²) in [4.78, 5) is 13.7. The molecule has 3 heteroatoms. The molecule has 16 heavy (non-hydrogen) atoms. The average molecular weight is 224 g/mol. The maximum Gasteiger partial charge on any atom is 0.243 e. The van der Waals surface area contributed by atoms with Crippen LogP contribution in [-0.4, -0.2) is 37.0 Å². The van der Waals surface area contributed by atoms with Crippen molar-refractivity contribution in [3.05, 3.63) is 12.2 Å². The quantitative estimate of drug-likeness (QED) is 0.722. The van der Waals surface area contributed by atoms with Crippen LogP contribution >= 0.6 is 0 Å². The zero-order valence-corrected chi connectivity index (χ0v) is 10.5. The van der Waals surface area contributed by atoms with E-state index >= 15 is 0 Å². The second-order valence-corrected chi connectivity index (χ2v) is 4.71. The number of carbonyl (C=O) groups is 1. The molecule has 1 heterocycles. The minimum Gasteiger partial charge on any atom is -0.352 e. The molecule has 0 saturated carbocycles. The van der Waals surface area contributed by atoms with Gasteiger partial charge in [-0.1, -0.05) is 19.4 Å². The number of hydrogen-bond acceptors (Lipinski definition) is 2. The van der Waals surface area contributed by atoms with Crippen molar-refractivity contribution >= 4 is 5.91 Å². The number of amides is 1. The zero-order chi connectivity index (χ0) is 11.8. The normalized spacial score (nSPS) is 19.9. The summed E-state index contributed by atoms with van der Waals surface area (Å²) < 4.78 is 0. The molecule has 0 aromatic rings. The van der Waals surface area contributed by atoms with Gasteiger partial charge in [0.05, 0.1) is 0 Å². The van der Waals surface area contributed by atoms with Crippen LogP contribution in [0.15, 0.2) is 12.2 Å². The topological polar surface area (TPSA) is 32.3 Å². The lowest BCUT2D eigenvalue weighted by Crippen LogP contribution is -2.37. The van der Waals surface area contributed by atoms with E-state index < -0.39 is 0 Å². The van der Waals surface area contributed by atoms with E-state index in [1.807, 2.05) is 6.92 Å². The highest BCUT2D eigenvalue weighted by molar-refractivity contribution is 5.87. The lowest BCUT2D eigenvalue weighted by Gasteiger charge is -2.29. The molecule has 1 aliphatic heterocycles. The molecule has 0 radical (unpaired) electrons. The van der Waals surface area contributed by atoms with Crippen molar-refractivity contribution in [2.75, 3.05) is 26.2 Å². The molecule has 0 bridgehead atoms. The fourth-order valence-corrected chi connectivity index (χ4v) is 2.13. The van der Waals surface area contributed by atoms with Gasteiger partial charge in [-0.25, -0.2) is 0 Å². The first kappa shape index (κ1) is 13.2. The Hall–Kier alpha value is -0.830. The van der Waals surface area contributed by atoms with Crippen molar-refractivity contribution in [3.8, 4) is 0 Å². The fraction of sp³-hybridized carbons (Fsp3) is 0.769. The van der Waals surface area contributed by atoms with Gasteiger partial charge in [0.2, 0.25) is 5.91 Å². The minimum absolute atomic E-state index is 0.0213. The van der Waals surface area contributed by atoms with Crippen LogP contribution in [0.2, 0.25) is 0 Å². The van der Waals surface area contributed by atoms with Gasteiger partial charge in [-0.3, -0.25) is 4.79 Å². The van der Waals surface area contributed by atoms with Crippen LogP contribution in [-0.2, 0) is 4.79 Å². The van der Waals surface area contributed by atoms with Crippen molar-refractivity contribution in [2.45, 2.75) is 33.1 Å². The largest absolute Gasteiger partial charge is 0.352 e. The molecular weight excluding hydrogens is 200 g/mol. The van der Waals surface area contributed by atoms with Crippen molar-refractivity contribution in [1.82, 2.24) is 10.2 Å². The van der Waals surface area contributed by atoms with Gasteiger partial charge in [0.15, 0.2) is 0 Å². The molecule has 1 unspecified atom stereocenters. The van der Waals surface area contributed by atoms with Gasteiger partial charge in [0, 0.05) is 13.1 Å². The van der Waals surface area contributed by atoms with E-state index in [1.54, 1.807) is 12.2 Å². The molecule has 0 aromatic heterocycles. The predicted molar refractivity (Wildman–Crippen MR) is 67.3 cm³/mol. The van der Waals surface area contributed by atoms with Crippen molar-refractivity contribution in [3.63, 3.8) is 0 Å². The Morgan fingerprint density at radius 3 is 2.69 bits per heavy atom. The Balaban J connectivity index is 2.14. The summed E-state index contributed by atoms with van der Waals surface area (Å²) in [5, 5.41) is 2.92. The standard InChI is InChI=1S/C13H24N2O/c1-3-7-13(16)14-10-12(2)11-15-8-5-4-6-9-15/h3,7,12H,4-6,8-11H2,1-2H3,(H,14,16). The number of rotatable bonds is 5. The van der Waals surface area contributed by atoms with E-state index in [0.29, 0.717) is 5.92 Å². The average Bonchev–Trinajstić information content (AvgIpc) is 2.28. The van der Waals surface area contributed by atoms with E-state index in [9.17, 15) is 4.79 Å². The van der Waals surface area contributed by atoms with Gasteiger partial charge in [0.1, 0.15) is 0 Å². The number of likely N-dealkylation sites (tertiary alicyclic amines) is 1. The summed E-state index contributed by atoms with van der Waals surface area (Å²) in [5.74, 6) is 0.556. The van der Waals surface area contributed by atoms with E-state index in [-0.39, 0.29) is 5.91 Å². The summed E-state index contributed by atoms with van der Waals surface area (Å²) in [5.41, 5.74) is 0. The molecule has 1 amide bonds. The van der Waals surface area contributed by atoms with Gasteiger partial charge in [-0.15, -0.1) is 0 Å². The van der Waals surface area contributed by atoms with Crippen LogP contribution < -0.4 is 5.32 Å². The first-order valence-electron chi connectivity index (χ1n) is 6.35. The van der Waals surface area contributed by atoms with Gasteiger partial charge in [-0.2, -0.15) is 0 Å². The molecule has 1 rings (SSSR count). The van der Waals surface area contributed by atoms with Crippen molar-refractivity contribution in [1.29, 1.82) is 0 Å². The van der Waals surface area contributed by atoms with E-state index in [0.717, 1.165) is 13.1 Å². The molecule has 1 atom stereocenters. The molecule has 1 N–H and O–H groups in total. The van der Waals surface area contributed by atoms with Crippen LogP contribution in [0.4, 0.5) is 0 Å². The molecule has 3 nitrogen and oxygen atoms in total. The summed E-state index contributed by atoms with van der Waals surface area (Å²) in [6, 6.07) is 0. The van der Waals surface area contributed by atoms with E-state index in [1.165, 1.54) is 32.4 Å². The third-order valence-electron chi connectivity index (χ3n) is 2.96. The smallest absolute Gasteiger partial charge is 0.243 e. The first-order chi connectivity index (χ1) is 7.72. The van der Waals surface area contributed by atoms with Crippen LogP contribution in [0.1, 0.15) is 33.1 Å². The van der Waals surface area contributed by atoms with E-state index in [4.69, 9.17) is 0 Å². The van der Waals surface area contributed by atoms with Gasteiger partial charge < -0.3 is 10.2 Å². The summed E-state index contributed by atoms with van der Waals surface area (Å²) in [6.45, 7) is 8.40. The molecule has 92 valence electrons. The third kappa shape index (κ3) is 5.31. The second kappa shape index (κ2) is 7.44. The van der Waals surface area contributed by atoms with Gasteiger partial charge >= 0.3 is 0 Å². The highest BCUT2D eigenvalue weighted by Crippen LogP contribution is 2.10. The predicted octanol–water partition coefficient (Wildman–Crippen LogP) is 1.80. The Bertz CT molecular complexity index is 232. The lowest BCUT2D eigenvalue weighted by atomic mass is 10.1. The van der Waals surface area contributed by atoms with Crippen molar-refractivity contribution < 1.29 is 4.79 Å². The molecular formula is C13H24N2O. The van der Waals surface area contributed by atoms with Crippen molar-refractivity contribution in [2.24, 2.45) is 5.92 Å². The minimum atomic E-state index is 0.0213. The number of piperidine rings is 1. The number of allylic oxidation sites excluding steroid dienone is 1. The molecule has 0 aromatic carbocycles. The highest BCUT2D eigenvalue weighted by atomic mass is 16.1. The van der Waals surface area contributed by atoms with Gasteiger partial charge in [0.25, 0.3) is 0 Å². The maximum atomic E-state index is 11.2. The van der Waals surface area contributed by atoms with E-state index in [2.05, 4.69) is 17.1 Å². The monoisotopic (exact) mass is 224 g/mol. The first-order valence-corrected chi connectivity index (χ1v) is 6.35. The summed E-state index contributed by atoms with van der Waals surface area (Å²) in [7, 11) is 0. The molecule has 1 aliphatic rings. The SMILES string of the molecule is CC=CC(=O)NCC(C)CN1CCCCC1. The molecule has 0 aliphatic carbocycles. The number of nitrogens with one attached hydrogen (secondary N) is 1. The summed E-state index contributed by atoms with van der Waals surface area (Å²) in [6.07, 6.45) is 7.39. The Kier molecular flexibility index (Phi) is 6.16. The van der Waals surface area contributed by atoms with Crippen LogP contribution in [0.25, 0.3) is 0 Å². The molecule has 1 saturated heterocycles. The Morgan fingerprint density at radius 1 is 1.38 bits per heavy atom. The maximum absolute atomic E-state index is 11.2. The van der Waals surface area contributed by atoms with Crippen LogP contribution in [0.3, 0.4) is 0 Å². The number of carbonyl (C=O) groups excluding carboxylic acids is 1. The Morgan fingerprint density at radius 2 is 2.06 bits per heavy atom. The number of hydrogen-bond donors (Lipinski definition) is 1.